The number of guanidine groups is 1. The van der Waals surface area contributed by atoms with Gasteiger partial charge in [0.25, 0.3) is 0 Å². The molecule has 170 valence electrons. The minimum Gasteiger partial charge on any atom is -0.380 e. The minimum atomic E-state index is 0.145. The lowest BCUT2D eigenvalue weighted by molar-refractivity contribution is 0.586. The van der Waals surface area contributed by atoms with E-state index >= 15 is 0 Å². The fourth-order valence-electron chi connectivity index (χ4n) is 3.22. The number of rotatable bonds is 10. The Morgan fingerprint density at radius 2 is 1.87 bits per heavy atom. The van der Waals surface area contributed by atoms with Gasteiger partial charge in [0, 0.05) is 37.4 Å². The molecule has 1 aromatic rings. The minimum absolute atomic E-state index is 0.145. The summed E-state index contributed by atoms with van der Waals surface area (Å²) in [5.74, 6) is 1.33. The number of hydrogen-bond acceptors (Lipinski definition) is 2. The van der Waals surface area contributed by atoms with Crippen molar-refractivity contribution in [2.24, 2.45) is 15.9 Å². The quantitative estimate of drug-likeness (QED) is 0.268. The topological polar surface area (TPSA) is 40.0 Å². The molecule has 0 fully saturated rings. The molecule has 31 heavy (non-hydrogen) atoms. The number of nitrogens with one attached hydrogen (secondary N) is 1. The van der Waals surface area contributed by atoms with Crippen molar-refractivity contribution >= 4 is 12.2 Å². The molecule has 0 amide bonds. The summed E-state index contributed by atoms with van der Waals surface area (Å²) in [4.78, 5) is 11.4. The van der Waals surface area contributed by atoms with Gasteiger partial charge in [0.1, 0.15) is 0 Å². The molecule has 0 bridgehead atoms. The van der Waals surface area contributed by atoms with E-state index in [4.69, 9.17) is 4.99 Å². The summed E-state index contributed by atoms with van der Waals surface area (Å²) in [7, 11) is 1.99. The van der Waals surface area contributed by atoms with Crippen LogP contribution >= 0.6 is 0 Å². The Morgan fingerprint density at radius 3 is 2.39 bits per heavy atom. The SMILES string of the molecule is C=C(C)C/C(=C/C)N(C)C(=NC(C)C)/N=C/C(=C)NCc1ccc(CC(C)C)c(C)c1. The number of aliphatic imine (C=N–C) groups is 2. The maximum Gasteiger partial charge on any atom is 0.224 e. The summed E-state index contributed by atoms with van der Waals surface area (Å²) >= 11 is 0. The normalized spacial score (nSPS) is 12.7. The van der Waals surface area contributed by atoms with Gasteiger partial charge in [-0.3, -0.25) is 0 Å². The standard InChI is InChI=1S/C27H42N4/c1-11-26(15-20(4)5)31(10)27(30-21(6)7)29-17-23(9)28-18-24-12-13-25(14-19(2)3)22(8)16-24/h11-13,16-17,19,21,28H,4,9,14-15,18H2,1-3,5-8,10H3/b26-11-,29-17+,30-27?. The Hall–Kier alpha value is -2.62. The third kappa shape index (κ3) is 9.82. The van der Waals surface area contributed by atoms with Crippen molar-refractivity contribution < 1.29 is 0 Å². The summed E-state index contributed by atoms with van der Waals surface area (Å²) in [6.07, 6.45) is 5.75. The van der Waals surface area contributed by atoms with Gasteiger partial charge in [-0.1, -0.05) is 56.9 Å². The Balaban J connectivity index is 2.83. The third-order valence-corrected chi connectivity index (χ3v) is 4.81. The van der Waals surface area contributed by atoms with E-state index in [0.717, 1.165) is 36.4 Å². The Morgan fingerprint density at radius 1 is 1.19 bits per heavy atom. The van der Waals surface area contributed by atoms with Crippen LogP contribution in [0.1, 0.15) is 64.7 Å². The third-order valence-electron chi connectivity index (χ3n) is 4.81. The summed E-state index contributed by atoms with van der Waals surface area (Å²) in [6.45, 7) is 23.7. The molecule has 0 aliphatic rings. The van der Waals surface area contributed by atoms with Gasteiger partial charge in [-0.15, -0.1) is 0 Å². The molecule has 1 aromatic carbocycles. The molecule has 0 atom stereocenters. The summed E-state index contributed by atoms with van der Waals surface area (Å²) in [5, 5.41) is 3.36. The molecule has 0 spiro atoms. The molecule has 0 heterocycles. The average Bonchev–Trinajstić information content (AvgIpc) is 2.68. The van der Waals surface area contributed by atoms with Crippen LogP contribution in [0.25, 0.3) is 0 Å². The van der Waals surface area contributed by atoms with Crippen LogP contribution in [0, 0.1) is 12.8 Å². The summed E-state index contributed by atoms with van der Waals surface area (Å²) in [6, 6.07) is 6.83. The first kappa shape index (κ1) is 26.4. The molecular formula is C27H42N4. The van der Waals surface area contributed by atoms with Crippen molar-refractivity contribution in [3.63, 3.8) is 0 Å². The van der Waals surface area contributed by atoms with E-state index in [9.17, 15) is 0 Å². The molecule has 0 radical (unpaired) electrons. The number of aryl methyl sites for hydroxylation is 1. The fourth-order valence-corrected chi connectivity index (χ4v) is 3.22. The van der Waals surface area contributed by atoms with Crippen molar-refractivity contribution in [1.82, 2.24) is 10.2 Å². The molecule has 0 saturated heterocycles. The van der Waals surface area contributed by atoms with Crippen molar-refractivity contribution in [2.75, 3.05) is 7.05 Å². The van der Waals surface area contributed by atoms with Crippen LogP contribution in [0.3, 0.4) is 0 Å². The van der Waals surface area contributed by atoms with Crippen LogP contribution in [0.4, 0.5) is 0 Å². The number of allylic oxidation sites excluding steroid dienone is 3. The second-order valence-corrected chi connectivity index (χ2v) is 8.99. The van der Waals surface area contributed by atoms with Crippen LogP contribution < -0.4 is 5.32 Å². The average molecular weight is 423 g/mol. The predicted molar refractivity (Wildman–Crippen MR) is 138 cm³/mol. The maximum atomic E-state index is 4.69. The van der Waals surface area contributed by atoms with Crippen molar-refractivity contribution in [2.45, 2.75) is 73.9 Å². The van der Waals surface area contributed by atoms with E-state index in [1.807, 2.05) is 25.8 Å². The zero-order chi connectivity index (χ0) is 23.6. The molecule has 0 aliphatic heterocycles. The van der Waals surface area contributed by atoms with Crippen molar-refractivity contribution in [3.8, 4) is 0 Å². The Labute approximate surface area is 190 Å². The summed E-state index contributed by atoms with van der Waals surface area (Å²) < 4.78 is 0. The first-order valence-electron chi connectivity index (χ1n) is 11.2. The van der Waals surface area contributed by atoms with E-state index in [0.29, 0.717) is 11.9 Å². The second-order valence-electron chi connectivity index (χ2n) is 8.99. The number of nitrogens with zero attached hydrogens (tertiary/aromatic N) is 3. The van der Waals surface area contributed by atoms with Crippen molar-refractivity contribution in [3.05, 3.63) is 71.1 Å². The van der Waals surface area contributed by atoms with Gasteiger partial charge in [0.15, 0.2) is 0 Å². The van der Waals surface area contributed by atoms with E-state index in [1.54, 1.807) is 6.21 Å². The van der Waals surface area contributed by atoms with Crippen LogP contribution in [0.5, 0.6) is 0 Å². The van der Waals surface area contributed by atoms with E-state index < -0.39 is 0 Å². The highest BCUT2D eigenvalue weighted by molar-refractivity contribution is 5.93. The number of benzene rings is 1. The Kier molecular flexibility index (Phi) is 11.0. The van der Waals surface area contributed by atoms with Gasteiger partial charge in [0.05, 0.1) is 6.21 Å². The smallest absolute Gasteiger partial charge is 0.224 e. The van der Waals surface area contributed by atoms with E-state index in [-0.39, 0.29) is 6.04 Å². The zero-order valence-corrected chi connectivity index (χ0v) is 20.9. The monoisotopic (exact) mass is 422 g/mol. The molecule has 0 aromatic heterocycles. The van der Waals surface area contributed by atoms with Crippen LogP contribution in [-0.2, 0) is 13.0 Å². The largest absolute Gasteiger partial charge is 0.380 e. The molecule has 4 heteroatoms. The first-order valence-corrected chi connectivity index (χ1v) is 11.2. The molecule has 1 N–H and O–H groups in total. The highest BCUT2D eigenvalue weighted by Crippen LogP contribution is 2.16. The molecule has 0 aliphatic carbocycles. The molecule has 4 nitrogen and oxygen atoms in total. The molecule has 1 rings (SSSR count). The Bertz CT molecular complexity index is 841. The lowest BCUT2D eigenvalue weighted by atomic mass is 9.97. The summed E-state index contributed by atoms with van der Waals surface area (Å²) in [5.41, 5.74) is 7.00. The van der Waals surface area contributed by atoms with Gasteiger partial charge in [-0.25, -0.2) is 9.98 Å². The zero-order valence-electron chi connectivity index (χ0n) is 20.9. The van der Waals surface area contributed by atoms with Crippen LogP contribution in [0.2, 0.25) is 0 Å². The molecule has 0 unspecified atom stereocenters. The van der Waals surface area contributed by atoms with E-state index in [2.05, 4.69) is 82.4 Å². The predicted octanol–water partition coefficient (Wildman–Crippen LogP) is 6.43. The van der Waals surface area contributed by atoms with Crippen LogP contribution in [0.15, 0.2) is 64.4 Å². The first-order chi connectivity index (χ1) is 14.5. The fraction of sp³-hybridized carbons (Fsp3) is 0.481. The number of hydrogen-bond donors (Lipinski definition) is 1. The molecular weight excluding hydrogens is 380 g/mol. The van der Waals surface area contributed by atoms with Crippen LogP contribution in [-0.4, -0.2) is 30.2 Å². The highest BCUT2D eigenvalue weighted by atomic mass is 15.3. The van der Waals surface area contributed by atoms with Crippen molar-refractivity contribution in [1.29, 1.82) is 0 Å². The van der Waals surface area contributed by atoms with Gasteiger partial charge in [-0.2, -0.15) is 0 Å². The van der Waals surface area contributed by atoms with Gasteiger partial charge >= 0.3 is 0 Å². The highest BCUT2D eigenvalue weighted by Gasteiger charge is 2.11. The van der Waals surface area contributed by atoms with E-state index in [1.165, 1.54) is 16.7 Å². The second kappa shape index (κ2) is 12.9. The van der Waals surface area contributed by atoms with Gasteiger partial charge in [0.2, 0.25) is 5.96 Å². The molecule has 0 saturated carbocycles. The lowest BCUT2D eigenvalue weighted by Crippen LogP contribution is -2.26. The maximum absolute atomic E-state index is 4.69. The van der Waals surface area contributed by atoms with Gasteiger partial charge in [-0.05, 0) is 63.6 Å². The lowest BCUT2D eigenvalue weighted by Gasteiger charge is -2.22. The van der Waals surface area contributed by atoms with Gasteiger partial charge < -0.3 is 10.2 Å².